The summed E-state index contributed by atoms with van der Waals surface area (Å²) in [6.45, 7) is 12.6. The van der Waals surface area contributed by atoms with Gasteiger partial charge in [0.1, 0.15) is 0 Å². The lowest BCUT2D eigenvalue weighted by Crippen LogP contribution is -2.31. The predicted octanol–water partition coefficient (Wildman–Crippen LogP) is 5.47. The lowest BCUT2D eigenvalue weighted by Gasteiger charge is -2.32. The van der Waals surface area contributed by atoms with Crippen molar-refractivity contribution >= 4 is 11.3 Å². The standard InChI is InChI=1S/C21H24N2/c1-5-18(4)23(20-12-8-7-9-13-20)19(6-2)16-17(3)21-14-10-11-15-22-21/h6-16,18H,2-3,5H2,1,4H3. The topological polar surface area (TPSA) is 16.1 Å². The van der Waals surface area contributed by atoms with Crippen LogP contribution >= 0.6 is 0 Å². The van der Waals surface area contributed by atoms with Crippen LogP contribution in [-0.2, 0) is 0 Å². The molecule has 1 heterocycles. The minimum atomic E-state index is 0.359. The first kappa shape index (κ1) is 16.8. The molecule has 0 saturated carbocycles. The largest absolute Gasteiger partial charge is 0.339 e. The van der Waals surface area contributed by atoms with E-state index in [9.17, 15) is 0 Å². The molecular weight excluding hydrogens is 280 g/mol. The second-order valence-electron chi connectivity index (χ2n) is 5.48. The van der Waals surface area contributed by atoms with Crippen molar-refractivity contribution in [2.75, 3.05) is 4.90 Å². The van der Waals surface area contributed by atoms with Crippen LogP contribution < -0.4 is 4.90 Å². The molecule has 0 aliphatic carbocycles. The van der Waals surface area contributed by atoms with Crippen molar-refractivity contribution < 1.29 is 0 Å². The van der Waals surface area contributed by atoms with Gasteiger partial charge in [-0.1, -0.05) is 44.3 Å². The number of hydrogen-bond acceptors (Lipinski definition) is 2. The maximum atomic E-state index is 4.37. The quantitative estimate of drug-likeness (QED) is 0.631. The summed E-state index contributed by atoms with van der Waals surface area (Å²) in [4.78, 5) is 6.66. The SMILES string of the molecule is C=CC(=CC(=C)c1ccccn1)N(c1ccccc1)C(C)CC. The number of rotatable bonds is 7. The van der Waals surface area contributed by atoms with Crippen molar-refractivity contribution in [3.63, 3.8) is 0 Å². The second kappa shape index (κ2) is 8.14. The summed E-state index contributed by atoms with van der Waals surface area (Å²) in [7, 11) is 0. The van der Waals surface area contributed by atoms with Gasteiger partial charge in [0.05, 0.1) is 5.69 Å². The average Bonchev–Trinajstić information content (AvgIpc) is 2.62. The highest BCUT2D eigenvalue weighted by Gasteiger charge is 2.16. The predicted molar refractivity (Wildman–Crippen MR) is 100 cm³/mol. The molecule has 2 aromatic rings. The molecule has 0 N–H and O–H groups in total. The Hall–Kier alpha value is -2.61. The van der Waals surface area contributed by atoms with E-state index < -0.39 is 0 Å². The molecule has 1 unspecified atom stereocenters. The Kier molecular flexibility index (Phi) is 5.93. The van der Waals surface area contributed by atoms with Crippen LogP contribution in [0.3, 0.4) is 0 Å². The first-order chi connectivity index (χ1) is 11.2. The minimum absolute atomic E-state index is 0.359. The molecule has 0 amide bonds. The van der Waals surface area contributed by atoms with Crippen LogP contribution in [0.15, 0.2) is 85.7 Å². The maximum Gasteiger partial charge on any atom is 0.0696 e. The number of hydrogen-bond donors (Lipinski definition) is 0. The first-order valence-corrected chi connectivity index (χ1v) is 7.96. The zero-order valence-electron chi connectivity index (χ0n) is 13.9. The van der Waals surface area contributed by atoms with Gasteiger partial charge in [-0.05, 0) is 55.3 Å². The highest BCUT2D eigenvalue weighted by atomic mass is 15.2. The molecule has 0 fully saturated rings. The van der Waals surface area contributed by atoms with E-state index in [1.54, 1.807) is 6.20 Å². The van der Waals surface area contributed by atoms with Crippen molar-refractivity contribution in [2.45, 2.75) is 26.3 Å². The van der Waals surface area contributed by atoms with Gasteiger partial charge >= 0.3 is 0 Å². The third kappa shape index (κ3) is 4.19. The zero-order valence-corrected chi connectivity index (χ0v) is 13.9. The zero-order chi connectivity index (χ0) is 16.7. The maximum absolute atomic E-state index is 4.37. The molecule has 0 aliphatic heterocycles. The van der Waals surface area contributed by atoms with Crippen LogP contribution in [0.5, 0.6) is 0 Å². The third-order valence-corrected chi connectivity index (χ3v) is 3.87. The van der Waals surface area contributed by atoms with Gasteiger partial charge in [-0.2, -0.15) is 0 Å². The van der Waals surface area contributed by atoms with Gasteiger partial charge in [0.25, 0.3) is 0 Å². The summed E-state index contributed by atoms with van der Waals surface area (Å²) in [5.74, 6) is 0. The van der Waals surface area contributed by atoms with Gasteiger partial charge in [0, 0.05) is 23.6 Å². The van der Waals surface area contributed by atoms with E-state index in [-0.39, 0.29) is 0 Å². The number of para-hydroxylation sites is 1. The summed E-state index contributed by atoms with van der Waals surface area (Å²) in [6.07, 6.45) is 6.75. The molecule has 0 bridgehead atoms. The summed E-state index contributed by atoms with van der Waals surface area (Å²) in [5, 5.41) is 0. The number of aromatic nitrogens is 1. The summed E-state index contributed by atoms with van der Waals surface area (Å²) in [6, 6.07) is 16.6. The lowest BCUT2D eigenvalue weighted by atomic mass is 10.1. The fourth-order valence-electron chi connectivity index (χ4n) is 2.46. The van der Waals surface area contributed by atoms with E-state index in [0.29, 0.717) is 6.04 Å². The van der Waals surface area contributed by atoms with Gasteiger partial charge in [0.2, 0.25) is 0 Å². The van der Waals surface area contributed by atoms with E-state index in [1.165, 1.54) is 0 Å². The average molecular weight is 304 g/mol. The van der Waals surface area contributed by atoms with Crippen LogP contribution in [0, 0.1) is 0 Å². The summed E-state index contributed by atoms with van der Waals surface area (Å²) in [5.41, 5.74) is 3.94. The summed E-state index contributed by atoms with van der Waals surface area (Å²) >= 11 is 0. The van der Waals surface area contributed by atoms with Crippen molar-refractivity contribution in [3.8, 4) is 0 Å². The fourth-order valence-corrected chi connectivity index (χ4v) is 2.46. The molecule has 2 nitrogen and oxygen atoms in total. The normalized spacial score (nSPS) is 12.5. The molecule has 0 spiro atoms. The minimum Gasteiger partial charge on any atom is -0.339 e. The van der Waals surface area contributed by atoms with E-state index in [0.717, 1.165) is 29.1 Å². The van der Waals surface area contributed by atoms with Crippen molar-refractivity contribution in [1.29, 1.82) is 0 Å². The Morgan fingerprint density at radius 1 is 1.17 bits per heavy atom. The Bertz CT molecular complexity index is 672. The van der Waals surface area contributed by atoms with Crippen LogP contribution in [0.1, 0.15) is 26.0 Å². The molecule has 1 aromatic carbocycles. The van der Waals surface area contributed by atoms with Crippen molar-refractivity contribution in [3.05, 3.63) is 91.4 Å². The fraction of sp³-hybridized carbons (Fsp3) is 0.190. The molecule has 1 aromatic heterocycles. The number of benzene rings is 1. The molecule has 0 radical (unpaired) electrons. The number of allylic oxidation sites excluding steroid dienone is 3. The molecular formula is C21H24N2. The van der Waals surface area contributed by atoms with Crippen molar-refractivity contribution in [2.24, 2.45) is 0 Å². The van der Waals surface area contributed by atoms with E-state index in [4.69, 9.17) is 0 Å². The Morgan fingerprint density at radius 3 is 2.43 bits per heavy atom. The molecule has 23 heavy (non-hydrogen) atoms. The van der Waals surface area contributed by atoms with Gasteiger partial charge < -0.3 is 4.90 Å². The highest BCUT2D eigenvalue weighted by Crippen LogP contribution is 2.26. The molecule has 1 atom stereocenters. The lowest BCUT2D eigenvalue weighted by molar-refractivity contribution is 0.671. The molecule has 0 aliphatic rings. The van der Waals surface area contributed by atoms with E-state index in [1.807, 2.05) is 30.3 Å². The molecule has 2 rings (SSSR count). The highest BCUT2D eigenvalue weighted by molar-refractivity contribution is 5.73. The Labute approximate surface area is 139 Å². The van der Waals surface area contributed by atoms with Gasteiger partial charge in [0.15, 0.2) is 0 Å². The second-order valence-corrected chi connectivity index (χ2v) is 5.48. The van der Waals surface area contributed by atoms with E-state index in [2.05, 4.69) is 67.2 Å². The number of pyridine rings is 1. The van der Waals surface area contributed by atoms with Gasteiger partial charge in [-0.3, -0.25) is 4.98 Å². The Balaban J connectivity index is 2.40. The molecule has 118 valence electrons. The van der Waals surface area contributed by atoms with Crippen molar-refractivity contribution in [1.82, 2.24) is 4.98 Å². The van der Waals surface area contributed by atoms with Gasteiger partial charge in [-0.15, -0.1) is 0 Å². The van der Waals surface area contributed by atoms with Gasteiger partial charge in [-0.25, -0.2) is 0 Å². The first-order valence-electron chi connectivity index (χ1n) is 7.96. The molecule has 0 saturated heterocycles. The number of anilines is 1. The van der Waals surface area contributed by atoms with Crippen LogP contribution in [0.4, 0.5) is 5.69 Å². The third-order valence-electron chi connectivity index (χ3n) is 3.87. The smallest absolute Gasteiger partial charge is 0.0696 e. The summed E-state index contributed by atoms with van der Waals surface area (Å²) < 4.78 is 0. The number of nitrogens with zero attached hydrogens (tertiary/aromatic N) is 2. The van der Waals surface area contributed by atoms with Crippen LogP contribution in [0.2, 0.25) is 0 Å². The van der Waals surface area contributed by atoms with Crippen LogP contribution in [0.25, 0.3) is 5.57 Å². The van der Waals surface area contributed by atoms with E-state index >= 15 is 0 Å². The molecule has 2 heteroatoms. The van der Waals surface area contributed by atoms with Crippen LogP contribution in [-0.4, -0.2) is 11.0 Å². The Morgan fingerprint density at radius 2 is 1.87 bits per heavy atom. The monoisotopic (exact) mass is 304 g/mol.